The van der Waals surface area contributed by atoms with E-state index in [1.54, 1.807) is 4.90 Å². The van der Waals surface area contributed by atoms with Gasteiger partial charge in [0.05, 0.1) is 13.2 Å². The monoisotopic (exact) mass is 487 g/mol. The van der Waals surface area contributed by atoms with Crippen molar-refractivity contribution >= 4 is 17.7 Å². The molecule has 9 heteroatoms. The van der Waals surface area contributed by atoms with Gasteiger partial charge in [-0.2, -0.15) is 0 Å². The van der Waals surface area contributed by atoms with Crippen molar-refractivity contribution in [1.29, 1.82) is 0 Å². The largest absolute Gasteiger partial charge is 0.492 e. The number of piperidine rings is 2. The molecule has 4 aliphatic heterocycles. The highest BCUT2D eigenvalue weighted by molar-refractivity contribution is 6.05. The second-order valence-electron chi connectivity index (χ2n) is 11.0. The van der Waals surface area contributed by atoms with Crippen LogP contribution in [0.2, 0.25) is 0 Å². The van der Waals surface area contributed by atoms with Crippen molar-refractivity contribution in [3.8, 4) is 5.75 Å². The lowest BCUT2D eigenvalue weighted by Gasteiger charge is -2.40. The summed E-state index contributed by atoms with van der Waals surface area (Å²) in [4.78, 5) is 41.0. The minimum absolute atomic E-state index is 0.0102. The number of benzene rings is 1. The van der Waals surface area contributed by atoms with Gasteiger partial charge in [-0.05, 0) is 57.2 Å². The number of ether oxygens (including phenoxy) is 1. The number of nitrogens with zero attached hydrogens (tertiary/aromatic N) is 2. The number of nitrogens with one attached hydrogen (secondary N) is 1. The van der Waals surface area contributed by atoms with Crippen LogP contribution in [-0.4, -0.2) is 65.7 Å². The van der Waals surface area contributed by atoms with Gasteiger partial charge in [-0.25, -0.2) is 8.78 Å². The Morgan fingerprint density at radius 1 is 1.03 bits per heavy atom. The van der Waals surface area contributed by atoms with Crippen molar-refractivity contribution in [1.82, 2.24) is 15.1 Å². The number of carbonyl (C=O) groups excluding carboxylic acids is 3. The Hall–Kier alpha value is -2.55. The lowest BCUT2D eigenvalue weighted by atomic mass is 9.73. The van der Waals surface area contributed by atoms with Gasteiger partial charge in [0.1, 0.15) is 11.8 Å². The summed E-state index contributed by atoms with van der Waals surface area (Å²) in [7, 11) is 0. The minimum Gasteiger partial charge on any atom is -0.492 e. The van der Waals surface area contributed by atoms with Crippen molar-refractivity contribution in [3.05, 3.63) is 28.8 Å². The Morgan fingerprint density at radius 2 is 1.77 bits per heavy atom. The first-order chi connectivity index (χ1) is 16.7. The zero-order chi connectivity index (χ0) is 24.4. The molecule has 4 heterocycles. The van der Waals surface area contributed by atoms with E-state index in [-0.39, 0.29) is 36.5 Å². The summed E-state index contributed by atoms with van der Waals surface area (Å²) in [5.74, 6) is -2.24. The number of likely N-dealkylation sites (tertiary alicyclic amines) is 1. The van der Waals surface area contributed by atoms with Gasteiger partial charge in [0.2, 0.25) is 17.7 Å². The highest BCUT2D eigenvalue weighted by Gasteiger charge is 2.48. The predicted molar refractivity (Wildman–Crippen MR) is 122 cm³/mol. The van der Waals surface area contributed by atoms with Gasteiger partial charge in [0, 0.05) is 47.9 Å². The van der Waals surface area contributed by atoms with Crippen LogP contribution in [0.4, 0.5) is 8.78 Å². The molecular weight excluding hydrogens is 456 g/mol. The molecule has 188 valence electrons. The third kappa shape index (κ3) is 3.92. The van der Waals surface area contributed by atoms with E-state index in [2.05, 4.69) is 10.2 Å². The molecule has 1 aromatic rings. The molecule has 1 aliphatic carbocycles. The highest BCUT2D eigenvalue weighted by atomic mass is 19.3. The predicted octanol–water partition coefficient (Wildman–Crippen LogP) is 3.00. The maximum Gasteiger partial charge on any atom is 0.255 e. The minimum atomic E-state index is -2.48. The van der Waals surface area contributed by atoms with Gasteiger partial charge >= 0.3 is 0 Å². The summed E-state index contributed by atoms with van der Waals surface area (Å²) in [5.41, 5.74) is 2.48. The molecule has 1 atom stereocenters. The number of halogens is 2. The number of fused-ring (bicyclic) bond motifs is 4. The average molecular weight is 488 g/mol. The molecule has 1 saturated carbocycles. The lowest BCUT2D eigenvalue weighted by Crippen LogP contribution is -2.52. The Kier molecular flexibility index (Phi) is 5.39. The molecule has 7 nitrogen and oxygen atoms in total. The van der Waals surface area contributed by atoms with E-state index in [9.17, 15) is 23.2 Å². The molecule has 1 N–H and O–H groups in total. The van der Waals surface area contributed by atoms with E-state index in [4.69, 9.17) is 4.74 Å². The van der Waals surface area contributed by atoms with Crippen LogP contribution in [0, 0.1) is 5.92 Å². The van der Waals surface area contributed by atoms with Crippen molar-refractivity contribution in [3.63, 3.8) is 0 Å². The molecule has 0 bridgehead atoms. The summed E-state index contributed by atoms with van der Waals surface area (Å²) in [6.07, 6.45) is 3.67. The van der Waals surface area contributed by atoms with E-state index in [0.717, 1.165) is 49.4 Å². The van der Waals surface area contributed by atoms with Crippen LogP contribution in [0.5, 0.6) is 5.75 Å². The second-order valence-corrected chi connectivity index (χ2v) is 11.0. The molecule has 0 radical (unpaired) electrons. The summed E-state index contributed by atoms with van der Waals surface area (Å²) in [6, 6.07) is 3.25. The fourth-order valence-electron chi connectivity index (χ4n) is 6.71. The summed E-state index contributed by atoms with van der Waals surface area (Å²) in [5, 5.41) is 2.34. The van der Waals surface area contributed by atoms with E-state index in [0.29, 0.717) is 43.9 Å². The first-order valence-electron chi connectivity index (χ1n) is 12.8. The second kappa shape index (κ2) is 8.25. The van der Waals surface area contributed by atoms with Gasteiger partial charge < -0.3 is 14.5 Å². The van der Waals surface area contributed by atoms with E-state index in [1.807, 2.05) is 12.1 Å². The standard InChI is InChI=1S/C26H31F2N3O4/c27-26(28)7-5-16(6-8-26)13-30-11-9-25(10-12-30)15-35-22-18-14-31(20-3-4-21(32)29-23(20)33)24(34)17(18)1-2-19(22)25/h1-2,16,20H,3-15H2,(H,29,32,33). The summed E-state index contributed by atoms with van der Waals surface area (Å²) >= 11 is 0. The maximum absolute atomic E-state index is 13.5. The molecule has 5 aliphatic rings. The van der Waals surface area contributed by atoms with Crippen molar-refractivity contribution in [2.45, 2.75) is 75.3 Å². The van der Waals surface area contributed by atoms with E-state index < -0.39 is 17.9 Å². The Bertz CT molecular complexity index is 1070. The molecule has 1 aromatic carbocycles. The molecule has 2 saturated heterocycles. The molecule has 0 aromatic heterocycles. The van der Waals surface area contributed by atoms with Gasteiger partial charge in [0.25, 0.3) is 5.91 Å². The van der Waals surface area contributed by atoms with Crippen molar-refractivity contribution in [2.24, 2.45) is 5.92 Å². The summed E-state index contributed by atoms with van der Waals surface area (Å²) in [6.45, 7) is 3.61. The Morgan fingerprint density at radius 3 is 2.49 bits per heavy atom. The molecule has 1 spiro atoms. The van der Waals surface area contributed by atoms with Crippen LogP contribution < -0.4 is 10.1 Å². The normalized spacial score (nSPS) is 28.1. The fourth-order valence-corrected chi connectivity index (χ4v) is 6.71. The van der Waals surface area contributed by atoms with Crippen LogP contribution in [0.25, 0.3) is 0 Å². The average Bonchev–Trinajstić information content (AvgIpc) is 3.35. The number of alkyl halides is 2. The number of amides is 3. The lowest BCUT2D eigenvalue weighted by molar-refractivity contribution is -0.136. The number of rotatable bonds is 3. The Labute approximate surface area is 203 Å². The molecule has 35 heavy (non-hydrogen) atoms. The number of carbonyl (C=O) groups is 3. The quantitative estimate of drug-likeness (QED) is 0.664. The SMILES string of the molecule is O=C1CCC(N2Cc3c(ccc4c3OCC43CCN(CC4CCC(F)(F)CC4)CC3)C2=O)C(=O)N1. The van der Waals surface area contributed by atoms with Crippen LogP contribution in [-0.2, 0) is 21.5 Å². The van der Waals surface area contributed by atoms with Crippen LogP contribution in [0.1, 0.15) is 72.9 Å². The van der Waals surface area contributed by atoms with Gasteiger partial charge in [-0.1, -0.05) is 6.07 Å². The highest BCUT2D eigenvalue weighted by Crippen LogP contribution is 2.50. The first-order valence-corrected chi connectivity index (χ1v) is 12.8. The number of imide groups is 1. The number of hydrogen-bond acceptors (Lipinski definition) is 5. The summed E-state index contributed by atoms with van der Waals surface area (Å²) < 4.78 is 33.2. The van der Waals surface area contributed by atoms with Crippen molar-refractivity contribution < 1.29 is 27.9 Å². The third-order valence-electron chi connectivity index (χ3n) is 8.90. The number of hydrogen-bond donors (Lipinski definition) is 1. The maximum atomic E-state index is 13.5. The zero-order valence-electron chi connectivity index (χ0n) is 19.8. The first kappa shape index (κ1) is 22.9. The zero-order valence-corrected chi connectivity index (χ0v) is 19.8. The molecule has 3 fully saturated rings. The topological polar surface area (TPSA) is 79.0 Å². The third-order valence-corrected chi connectivity index (χ3v) is 8.90. The smallest absolute Gasteiger partial charge is 0.255 e. The van der Waals surface area contributed by atoms with Crippen LogP contribution in [0.15, 0.2) is 12.1 Å². The van der Waals surface area contributed by atoms with Crippen LogP contribution in [0.3, 0.4) is 0 Å². The van der Waals surface area contributed by atoms with Crippen LogP contribution >= 0.6 is 0 Å². The molecule has 3 amide bonds. The van der Waals surface area contributed by atoms with Gasteiger partial charge in [0.15, 0.2) is 0 Å². The van der Waals surface area contributed by atoms with E-state index in [1.165, 1.54) is 0 Å². The fraction of sp³-hybridized carbons (Fsp3) is 0.654. The van der Waals surface area contributed by atoms with E-state index >= 15 is 0 Å². The molecule has 1 unspecified atom stereocenters. The molecular formula is C26H31F2N3O4. The van der Waals surface area contributed by atoms with Gasteiger partial charge in [-0.3, -0.25) is 19.7 Å². The van der Waals surface area contributed by atoms with Gasteiger partial charge in [-0.15, -0.1) is 0 Å². The van der Waals surface area contributed by atoms with Crippen molar-refractivity contribution in [2.75, 3.05) is 26.2 Å². The molecule has 6 rings (SSSR count). The Balaban J connectivity index is 1.14.